The number of aliphatic carboxylic acids is 1. The van der Waals surface area contributed by atoms with Gasteiger partial charge in [-0.25, -0.2) is 4.79 Å². The van der Waals surface area contributed by atoms with Gasteiger partial charge in [0.2, 0.25) is 17.7 Å². The molecule has 0 radical (unpaired) electrons. The van der Waals surface area contributed by atoms with E-state index >= 15 is 0 Å². The summed E-state index contributed by atoms with van der Waals surface area (Å²) in [5, 5.41) is 16.7. The predicted octanol–water partition coefficient (Wildman–Crippen LogP) is -1.41. The van der Waals surface area contributed by atoms with Crippen molar-refractivity contribution in [2.75, 3.05) is 30.1 Å². The van der Waals surface area contributed by atoms with E-state index in [0.717, 1.165) is 0 Å². The van der Waals surface area contributed by atoms with Crippen LogP contribution in [0, 0.1) is 0 Å². The highest BCUT2D eigenvalue weighted by Gasteiger charge is 2.29. The zero-order valence-corrected chi connectivity index (χ0v) is 19.6. The van der Waals surface area contributed by atoms with Crippen LogP contribution in [0.4, 0.5) is 0 Å². The fraction of sp³-hybridized carbons (Fsp3) is 0.765. The Morgan fingerprint density at radius 3 is 1.90 bits per heavy atom. The average molecular weight is 484 g/mol. The molecule has 8 N–H and O–H groups in total. The molecule has 0 aromatic heterocycles. The van der Waals surface area contributed by atoms with Crippen LogP contribution in [0.1, 0.15) is 25.7 Å². The second-order valence-electron chi connectivity index (χ2n) is 6.56. The van der Waals surface area contributed by atoms with Crippen LogP contribution >= 0.6 is 37.0 Å². The molecule has 13 heteroatoms. The number of unbranched alkanes of at least 4 members (excludes halogenated alkanes) is 1. The summed E-state index contributed by atoms with van der Waals surface area (Å²) >= 11 is 9.40. The number of carbonyl (C=O) groups is 4. The van der Waals surface area contributed by atoms with Crippen LogP contribution in [0.25, 0.3) is 0 Å². The van der Waals surface area contributed by atoms with E-state index in [-0.39, 0.29) is 17.9 Å². The number of carboxylic acids is 1. The molecule has 0 aromatic carbocycles. The minimum absolute atomic E-state index is 0.0986. The Morgan fingerprint density at radius 1 is 0.900 bits per heavy atom. The van der Waals surface area contributed by atoms with E-state index in [2.05, 4.69) is 41.2 Å². The molecule has 30 heavy (non-hydrogen) atoms. The van der Waals surface area contributed by atoms with Gasteiger partial charge in [-0.2, -0.15) is 37.0 Å². The number of carbonyl (C=O) groups excluding carboxylic acids is 3. The summed E-state index contributed by atoms with van der Waals surface area (Å²) < 4.78 is 0. The number of thioether (sulfide) groups is 1. The standard InChI is InChI=1S/C17H33N5O5S3/c1-30-7-5-12(20-14(23)10(19)8-28)16(25)21-11(4-2-3-6-18)15(24)22-13(9-29)17(26)27/h10-13,28-29H,2-9,18-19H2,1H3,(H,20,23)(H,21,25)(H,22,24)(H,26,27). The summed E-state index contributed by atoms with van der Waals surface area (Å²) in [5.41, 5.74) is 11.1. The third-order valence-corrected chi connectivity index (χ3v) is 5.56. The zero-order chi connectivity index (χ0) is 23.1. The predicted molar refractivity (Wildman–Crippen MR) is 125 cm³/mol. The fourth-order valence-electron chi connectivity index (χ4n) is 2.36. The minimum atomic E-state index is -1.23. The van der Waals surface area contributed by atoms with Crippen molar-refractivity contribution in [1.29, 1.82) is 0 Å². The summed E-state index contributed by atoms with van der Waals surface area (Å²) in [6.07, 6.45) is 3.66. The van der Waals surface area contributed by atoms with Crippen LogP contribution in [0.15, 0.2) is 0 Å². The summed E-state index contributed by atoms with van der Waals surface area (Å²) in [6, 6.07) is -3.91. The number of thiol groups is 2. The average Bonchev–Trinajstić information content (AvgIpc) is 2.72. The lowest BCUT2D eigenvalue weighted by Gasteiger charge is -2.25. The van der Waals surface area contributed by atoms with Crippen molar-refractivity contribution in [3.8, 4) is 0 Å². The first kappa shape index (κ1) is 28.9. The Kier molecular flexibility index (Phi) is 15.9. The second kappa shape index (κ2) is 16.5. The molecular weight excluding hydrogens is 450 g/mol. The molecule has 3 amide bonds. The highest BCUT2D eigenvalue weighted by molar-refractivity contribution is 7.98. The van der Waals surface area contributed by atoms with Crippen molar-refractivity contribution in [1.82, 2.24) is 16.0 Å². The Bertz CT molecular complexity index is 570. The number of amides is 3. The third-order valence-electron chi connectivity index (χ3n) is 4.15. The smallest absolute Gasteiger partial charge is 0.327 e. The molecule has 0 aliphatic rings. The fourth-order valence-corrected chi connectivity index (χ4v) is 3.24. The number of nitrogens with two attached hydrogens (primary N) is 2. The van der Waals surface area contributed by atoms with Crippen molar-refractivity contribution >= 4 is 60.7 Å². The van der Waals surface area contributed by atoms with Crippen molar-refractivity contribution in [3.63, 3.8) is 0 Å². The van der Waals surface area contributed by atoms with Gasteiger partial charge in [0.1, 0.15) is 18.1 Å². The lowest BCUT2D eigenvalue weighted by Crippen LogP contribution is -2.57. The molecule has 0 spiro atoms. The molecule has 0 saturated heterocycles. The van der Waals surface area contributed by atoms with Crippen LogP contribution in [0.3, 0.4) is 0 Å². The quantitative estimate of drug-likeness (QED) is 0.0975. The van der Waals surface area contributed by atoms with Crippen LogP contribution in [0.5, 0.6) is 0 Å². The monoisotopic (exact) mass is 483 g/mol. The normalized spacial score (nSPS) is 14.8. The zero-order valence-electron chi connectivity index (χ0n) is 17.0. The molecule has 4 atom stereocenters. The van der Waals surface area contributed by atoms with Crippen LogP contribution in [-0.2, 0) is 19.2 Å². The Morgan fingerprint density at radius 2 is 1.43 bits per heavy atom. The number of carboxylic acid groups (broad SMARTS) is 1. The van der Waals surface area contributed by atoms with E-state index in [0.29, 0.717) is 31.6 Å². The van der Waals surface area contributed by atoms with E-state index in [1.165, 1.54) is 11.8 Å². The number of hydrogen-bond acceptors (Lipinski definition) is 9. The van der Waals surface area contributed by atoms with Gasteiger partial charge in [-0.05, 0) is 44.2 Å². The van der Waals surface area contributed by atoms with Gasteiger partial charge in [0.15, 0.2) is 0 Å². The van der Waals surface area contributed by atoms with E-state index in [4.69, 9.17) is 16.6 Å². The number of hydrogen-bond donors (Lipinski definition) is 8. The molecule has 4 unspecified atom stereocenters. The molecule has 0 fully saturated rings. The second-order valence-corrected chi connectivity index (χ2v) is 8.28. The SMILES string of the molecule is CSCCC(NC(=O)C(N)CS)C(=O)NC(CCCCN)C(=O)NC(CS)C(=O)O. The van der Waals surface area contributed by atoms with Crippen LogP contribution < -0.4 is 27.4 Å². The first-order chi connectivity index (χ1) is 14.2. The largest absolute Gasteiger partial charge is 0.480 e. The maximum Gasteiger partial charge on any atom is 0.327 e. The van der Waals surface area contributed by atoms with Gasteiger partial charge in [-0.3, -0.25) is 14.4 Å². The van der Waals surface area contributed by atoms with E-state index in [9.17, 15) is 19.2 Å². The molecule has 0 bridgehead atoms. The van der Waals surface area contributed by atoms with Crippen molar-refractivity contribution in [2.45, 2.75) is 49.9 Å². The Balaban J connectivity index is 5.30. The first-order valence-electron chi connectivity index (χ1n) is 9.51. The first-order valence-corrected chi connectivity index (χ1v) is 12.2. The van der Waals surface area contributed by atoms with Crippen LogP contribution in [-0.4, -0.2) is 83.0 Å². The van der Waals surface area contributed by atoms with Crippen LogP contribution in [0.2, 0.25) is 0 Å². The van der Waals surface area contributed by atoms with Gasteiger partial charge in [0, 0.05) is 11.5 Å². The molecule has 174 valence electrons. The molecule has 0 saturated carbocycles. The van der Waals surface area contributed by atoms with E-state index in [1.54, 1.807) is 0 Å². The molecular formula is C17H33N5O5S3. The molecule has 0 aromatic rings. The lowest BCUT2D eigenvalue weighted by atomic mass is 10.1. The molecule has 0 aliphatic heterocycles. The van der Waals surface area contributed by atoms with Crippen molar-refractivity contribution < 1.29 is 24.3 Å². The molecule has 0 heterocycles. The topological polar surface area (TPSA) is 177 Å². The lowest BCUT2D eigenvalue weighted by molar-refractivity contribution is -0.141. The minimum Gasteiger partial charge on any atom is -0.480 e. The van der Waals surface area contributed by atoms with Crippen molar-refractivity contribution in [2.24, 2.45) is 11.5 Å². The Hall–Kier alpha value is -1.15. The molecule has 10 nitrogen and oxygen atoms in total. The van der Waals surface area contributed by atoms with Gasteiger partial charge < -0.3 is 32.5 Å². The summed E-state index contributed by atoms with van der Waals surface area (Å²) in [5.74, 6) is -2.31. The summed E-state index contributed by atoms with van der Waals surface area (Å²) in [6.45, 7) is 0.421. The maximum atomic E-state index is 12.8. The highest BCUT2D eigenvalue weighted by Crippen LogP contribution is 2.06. The molecule has 0 aliphatic carbocycles. The summed E-state index contributed by atoms with van der Waals surface area (Å²) in [4.78, 5) is 48.7. The van der Waals surface area contributed by atoms with Gasteiger partial charge in [-0.1, -0.05) is 0 Å². The van der Waals surface area contributed by atoms with Gasteiger partial charge in [0.05, 0.1) is 6.04 Å². The van der Waals surface area contributed by atoms with E-state index < -0.39 is 47.9 Å². The van der Waals surface area contributed by atoms with Gasteiger partial charge in [0.25, 0.3) is 0 Å². The van der Waals surface area contributed by atoms with Gasteiger partial charge >= 0.3 is 5.97 Å². The maximum absolute atomic E-state index is 12.8. The molecule has 0 rings (SSSR count). The van der Waals surface area contributed by atoms with Gasteiger partial charge in [-0.15, -0.1) is 0 Å². The third kappa shape index (κ3) is 11.3. The number of rotatable bonds is 16. The summed E-state index contributed by atoms with van der Waals surface area (Å²) in [7, 11) is 0. The Labute approximate surface area is 192 Å². The number of nitrogens with one attached hydrogen (secondary N) is 3. The van der Waals surface area contributed by atoms with Crippen molar-refractivity contribution in [3.05, 3.63) is 0 Å². The highest BCUT2D eigenvalue weighted by atomic mass is 32.2. The van der Waals surface area contributed by atoms with E-state index in [1.807, 2.05) is 6.26 Å².